The zero-order chi connectivity index (χ0) is 14.5. The SMILES string of the molecule is CC(C(=O)Nc1ccc(N)cc1)N(CCO)C1CCC1. The number of rotatable bonds is 6. The zero-order valence-electron chi connectivity index (χ0n) is 11.9. The van der Waals surface area contributed by atoms with E-state index in [9.17, 15) is 4.79 Å². The molecule has 0 aromatic heterocycles. The fourth-order valence-corrected chi connectivity index (χ4v) is 2.49. The summed E-state index contributed by atoms with van der Waals surface area (Å²) in [6.45, 7) is 2.51. The Labute approximate surface area is 119 Å². The van der Waals surface area contributed by atoms with Crippen LogP contribution in [0, 0.1) is 0 Å². The molecule has 0 heterocycles. The molecular weight excluding hydrogens is 254 g/mol. The average Bonchev–Trinajstić information content (AvgIpc) is 2.38. The largest absolute Gasteiger partial charge is 0.399 e. The Morgan fingerprint density at radius 2 is 2.10 bits per heavy atom. The highest BCUT2D eigenvalue weighted by atomic mass is 16.3. The highest BCUT2D eigenvalue weighted by Gasteiger charge is 2.31. The first-order chi connectivity index (χ1) is 9.61. The van der Waals surface area contributed by atoms with Crippen LogP contribution in [0.1, 0.15) is 26.2 Å². The summed E-state index contributed by atoms with van der Waals surface area (Å²) in [6.07, 6.45) is 3.43. The number of carbonyl (C=O) groups excluding carboxylic acids is 1. The molecule has 1 saturated carbocycles. The molecule has 1 amide bonds. The van der Waals surface area contributed by atoms with Gasteiger partial charge < -0.3 is 16.2 Å². The molecule has 0 radical (unpaired) electrons. The molecule has 110 valence electrons. The molecule has 20 heavy (non-hydrogen) atoms. The molecule has 5 heteroatoms. The normalized spacial score (nSPS) is 16.8. The summed E-state index contributed by atoms with van der Waals surface area (Å²) in [4.78, 5) is 14.4. The predicted molar refractivity (Wildman–Crippen MR) is 80.4 cm³/mol. The minimum absolute atomic E-state index is 0.0462. The Bertz CT molecular complexity index is 443. The first-order valence-corrected chi connectivity index (χ1v) is 7.15. The van der Waals surface area contributed by atoms with Crippen molar-refractivity contribution < 1.29 is 9.90 Å². The number of nitrogens with one attached hydrogen (secondary N) is 1. The summed E-state index contributed by atoms with van der Waals surface area (Å²) in [7, 11) is 0. The van der Waals surface area contributed by atoms with E-state index in [0.29, 0.717) is 18.3 Å². The number of nitrogen functional groups attached to an aromatic ring is 1. The average molecular weight is 277 g/mol. The van der Waals surface area contributed by atoms with Crippen LogP contribution in [-0.4, -0.2) is 41.1 Å². The first kappa shape index (κ1) is 14.8. The lowest BCUT2D eigenvalue weighted by atomic mass is 9.90. The number of benzene rings is 1. The summed E-state index contributed by atoms with van der Waals surface area (Å²) >= 11 is 0. The van der Waals surface area contributed by atoms with E-state index in [0.717, 1.165) is 18.5 Å². The van der Waals surface area contributed by atoms with Crippen molar-refractivity contribution in [2.24, 2.45) is 0 Å². The smallest absolute Gasteiger partial charge is 0.241 e. The molecule has 4 N–H and O–H groups in total. The third-order valence-electron chi connectivity index (χ3n) is 3.96. The molecular formula is C15H23N3O2. The van der Waals surface area contributed by atoms with Crippen molar-refractivity contribution in [1.29, 1.82) is 0 Å². The van der Waals surface area contributed by atoms with E-state index in [2.05, 4.69) is 10.2 Å². The molecule has 0 saturated heterocycles. The van der Waals surface area contributed by atoms with E-state index in [1.165, 1.54) is 6.42 Å². The number of anilines is 2. The molecule has 0 aliphatic heterocycles. The molecule has 1 aliphatic carbocycles. The van der Waals surface area contributed by atoms with Crippen molar-refractivity contribution >= 4 is 17.3 Å². The van der Waals surface area contributed by atoms with Gasteiger partial charge in [-0.1, -0.05) is 6.42 Å². The van der Waals surface area contributed by atoms with E-state index in [1.54, 1.807) is 24.3 Å². The zero-order valence-corrected chi connectivity index (χ0v) is 11.9. The number of nitrogens with zero attached hydrogens (tertiary/aromatic N) is 1. The summed E-state index contributed by atoms with van der Waals surface area (Å²) in [5.41, 5.74) is 7.04. The maximum atomic E-state index is 12.3. The lowest BCUT2D eigenvalue weighted by Crippen LogP contribution is -2.51. The van der Waals surface area contributed by atoms with Crippen LogP contribution < -0.4 is 11.1 Å². The van der Waals surface area contributed by atoms with Gasteiger partial charge in [0.1, 0.15) is 0 Å². The van der Waals surface area contributed by atoms with E-state index in [-0.39, 0.29) is 18.6 Å². The maximum absolute atomic E-state index is 12.3. The van der Waals surface area contributed by atoms with Gasteiger partial charge in [-0.15, -0.1) is 0 Å². The van der Waals surface area contributed by atoms with Gasteiger partial charge in [-0.25, -0.2) is 0 Å². The Kier molecular flexibility index (Phi) is 4.98. The number of hydrogen-bond donors (Lipinski definition) is 3. The van der Waals surface area contributed by atoms with E-state index in [1.807, 2.05) is 6.92 Å². The quantitative estimate of drug-likeness (QED) is 0.688. The second kappa shape index (κ2) is 6.72. The fourth-order valence-electron chi connectivity index (χ4n) is 2.49. The van der Waals surface area contributed by atoms with Gasteiger partial charge in [-0.05, 0) is 44.0 Å². The number of aliphatic hydroxyl groups is 1. The minimum Gasteiger partial charge on any atom is -0.399 e. The molecule has 1 aromatic carbocycles. The summed E-state index contributed by atoms with van der Waals surface area (Å²) in [6, 6.07) is 7.29. The first-order valence-electron chi connectivity index (χ1n) is 7.15. The Balaban J connectivity index is 1.97. The van der Waals surface area contributed by atoms with Crippen molar-refractivity contribution in [2.45, 2.75) is 38.3 Å². The van der Waals surface area contributed by atoms with E-state index in [4.69, 9.17) is 10.8 Å². The van der Waals surface area contributed by atoms with Gasteiger partial charge in [0.05, 0.1) is 12.6 Å². The van der Waals surface area contributed by atoms with Crippen molar-refractivity contribution in [3.63, 3.8) is 0 Å². The third-order valence-corrected chi connectivity index (χ3v) is 3.96. The minimum atomic E-state index is -0.245. The number of nitrogens with two attached hydrogens (primary N) is 1. The predicted octanol–water partition coefficient (Wildman–Crippen LogP) is 1.44. The second-order valence-electron chi connectivity index (χ2n) is 5.33. The van der Waals surface area contributed by atoms with Crippen molar-refractivity contribution in [1.82, 2.24) is 4.90 Å². The summed E-state index contributed by atoms with van der Waals surface area (Å²) < 4.78 is 0. The fraction of sp³-hybridized carbons (Fsp3) is 0.533. The van der Waals surface area contributed by atoms with Crippen molar-refractivity contribution in [2.75, 3.05) is 24.2 Å². The highest BCUT2D eigenvalue weighted by Crippen LogP contribution is 2.26. The number of hydrogen-bond acceptors (Lipinski definition) is 4. The van der Waals surface area contributed by atoms with Gasteiger partial charge in [-0.2, -0.15) is 0 Å². The molecule has 1 atom stereocenters. The molecule has 2 rings (SSSR count). The Morgan fingerprint density at radius 1 is 1.45 bits per heavy atom. The molecule has 1 aliphatic rings. The lowest BCUT2D eigenvalue weighted by molar-refractivity contribution is -0.122. The third kappa shape index (κ3) is 3.49. The van der Waals surface area contributed by atoms with Gasteiger partial charge in [0.2, 0.25) is 5.91 Å². The number of carbonyl (C=O) groups is 1. The van der Waals surface area contributed by atoms with Crippen LogP contribution in [0.4, 0.5) is 11.4 Å². The molecule has 0 spiro atoms. The topological polar surface area (TPSA) is 78.6 Å². The van der Waals surface area contributed by atoms with E-state index < -0.39 is 0 Å². The summed E-state index contributed by atoms with van der Waals surface area (Å²) in [5, 5.41) is 12.1. The van der Waals surface area contributed by atoms with Crippen molar-refractivity contribution in [3.8, 4) is 0 Å². The number of aliphatic hydroxyl groups excluding tert-OH is 1. The molecule has 1 fully saturated rings. The van der Waals surface area contributed by atoms with Gasteiger partial charge in [0, 0.05) is 24.0 Å². The molecule has 1 unspecified atom stereocenters. The summed E-state index contributed by atoms with van der Waals surface area (Å²) in [5.74, 6) is -0.0462. The van der Waals surface area contributed by atoms with Gasteiger partial charge in [0.15, 0.2) is 0 Å². The van der Waals surface area contributed by atoms with Crippen LogP contribution >= 0.6 is 0 Å². The van der Waals surface area contributed by atoms with E-state index >= 15 is 0 Å². The van der Waals surface area contributed by atoms with Crippen LogP contribution in [0.15, 0.2) is 24.3 Å². The highest BCUT2D eigenvalue weighted by molar-refractivity contribution is 5.94. The van der Waals surface area contributed by atoms with Crippen LogP contribution in [0.25, 0.3) is 0 Å². The lowest BCUT2D eigenvalue weighted by Gasteiger charge is -2.40. The Hall–Kier alpha value is -1.59. The second-order valence-corrected chi connectivity index (χ2v) is 5.33. The van der Waals surface area contributed by atoms with Crippen LogP contribution in [0.2, 0.25) is 0 Å². The van der Waals surface area contributed by atoms with Crippen LogP contribution in [-0.2, 0) is 4.79 Å². The van der Waals surface area contributed by atoms with Gasteiger partial charge >= 0.3 is 0 Å². The van der Waals surface area contributed by atoms with Crippen LogP contribution in [0.3, 0.4) is 0 Å². The maximum Gasteiger partial charge on any atom is 0.241 e. The Morgan fingerprint density at radius 3 is 2.60 bits per heavy atom. The molecule has 0 bridgehead atoms. The monoisotopic (exact) mass is 277 g/mol. The van der Waals surface area contributed by atoms with Crippen LogP contribution in [0.5, 0.6) is 0 Å². The van der Waals surface area contributed by atoms with Crippen molar-refractivity contribution in [3.05, 3.63) is 24.3 Å². The van der Waals surface area contributed by atoms with Gasteiger partial charge in [-0.3, -0.25) is 9.69 Å². The molecule has 1 aromatic rings. The number of amides is 1. The van der Waals surface area contributed by atoms with Gasteiger partial charge in [0.25, 0.3) is 0 Å². The molecule has 5 nitrogen and oxygen atoms in total. The standard InChI is InChI=1S/C15H23N3O2/c1-11(18(9-10-19)14-3-2-4-14)15(20)17-13-7-5-12(16)6-8-13/h5-8,11,14,19H,2-4,9-10,16H2,1H3,(H,17,20).